The fraction of sp³-hybridized carbons (Fsp3) is 0.500. The smallest absolute Gasteiger partial charge is 0.270 e. The third kappa shape index (κ3) is 2.04. The third-order valence-corrected chi connectivity index (χ3v) is 3.99. The number of amides is 1. The Kier molecular flexibility index (Phi) is 2.87. The molecule has 2 bridgehead atoms. The SMILES string of the molecule is O=C(N[C@@H]1C[C@H]2CC[C@@H]1N2)c1cc(Cl)c(O)cn1. The summed E-state index contributed by atoms with van der Waals surface area (Å²) in [5.74, 6) is -0.356. The maximum Gasteiger partial charge on any atom is 0.270 e. The normalized spacial score (nSPS) is 29.5. The summed E-state index contributed by atoms with van der Waals surface area (Å²) in [4.78, 5) is 15.9. The zero-order chi connectivity index (χ0) is 12.7. The van der Waals surface area contributed by atoms with Crippen LogP contribution in [0.2, 0.25) is 5.02 Å². The maximum atomic E-state index is 12.0. The quantitative estimate of drug-likeness (QED) is 0.749. The number of hydrogen-bond donors (Lipinski definition) is 3. The first kappa shape index (κ1) is 11.7. The second-order valence-electron chi connectivity index (χ2n) is 4.88. The molecule has 0 saturated carbocycles. The van der Waals surface area contributed by atoms with E-state index >= 15 is 0 Å². The molecule has 5 nitrogen and oxygen atoms in total. The Hall–Kier alpha value is -1.33. The Morgan fingerprint density at radius 2 is 2.39 bits per heavy atom. The highest BCUT2D eigenvalue weighted by Gasteiger charge is 2.39. The van der Waals surface area contributed by atoms with Crippen LogP contribution in [0.3, 0.4) is 0 Å². The molecule has 2 saturated heterocycles. The lowest BCUT2D eigenvalue weighted by Gasteiger charge is -2.21. The van der Waals surface area contributed by atoms with Crippen molar-refractivity contribution in [3.63, 3.8) is 0 Å². The molecule has 3 heterocycles. The molecule has 3 N–H and O–H groups in total. The molecule has 2 aliphatic rings. The second kappa shape index (κ2) is 4.40. The van der Waals surface area contributed by atoms with Crippen molar-refractivity contribution in [2.24, 2.45) is 0 Å². The van der Waals surface area contributed by atoms with Crippen LogP contribution >= 0.6 is 11.6 Å². The second-order valence-corrected chi connectivity index (χ2v) is 5.29. The predicted octanol–water partition coefficient (Wildman–Crippen LogP) is 1.06. The number of rotatable bonds is 2. The fourth-order valence-electron chi connectivity index (χ4n) is 2.77. The van der Waals surface area contributed by atoms with Gasteiger partial charge in [0.05, 0.1) is 11.2 Å². The molecule has 6 heteroatoms. The maximum absolute atomic E-state index is 12.0. The summed E-state index contributed by atoms with van der Waals surface area (Å²) in [6.07, 6.45) is 4.47. The van der Waals surface area contributed by atoms with Gasteiger partial charge in [0, 0.05) is 18.1 Å². The minimum Gasteiger partial charge on any atom is -0.505 e. The van der Waals surface area contributed by atoms with Crippen molar-refractivity contribution in [2.75, 3.05) is 0 Å². The molecule has 1 aromatic heterocycles. The van der Waals surface area contributed by atoms with E-state index in [1.165, 1.54) is 18.7 Å². The molecule has 0 radical (unpaired) electrons. The highest BCUT2D eigenvalue weighted by molar-refractivity contribution is 6.32. The Labute approximate surface area is 110 Å². The Bertz CT molecular complexity index is 494. The molecule has 0 unspecified atom stereocenters. The van der Waals surface area contributed by atoms with E-state index in [0.29, 0.717) is 12.1 Å². The zero-order valence-corrected chi connectivity index (χ0v) is 10.4. The molecule has 18 heavy (non-hydrogen) atoms. The standard InChI is InChI=1S/C12H14ClN3O2/c13-7-4-10(14-5-11(7)17)12(18)16-9-3-6-1-2-8(9)15-6/h4-6,8-9,15,17H,1-3H2,(H,16,18)/t6-,8+,9-/m1/s1. The topological polar surface area (TPSA) is 74.2 Å². The van der Waals surface area contributed by atoms with Crippen molar-refractivity contribution in [1.29, 1.82) is 0 Å². The molecule has 3 rings (SSSR count). The lowest BCUT2D eigenvalue weighted by Crippen LogP contribution is -2.43. The molecule has 0 aromatic carbocycles. The van der Waals surface area contributed by atoms with Gasteiger partial charge in [-0.15, -0.1) is 0 Å². The van der Waals surface area contributed by atoms with Crippen molar-refractivity contribution in [3.05, 3.63) is 23.0 Å². The number of aromatic nitrogens is 1. The first-order valence-corrected chi connectivity index (χ1v) is 6.42. The van der Waals surface area contributed by atoms with E-state index in [4.69, 9.17) is 11.6 Å². The van der Waals surface area contributed by atoms with Gasteiger partial charge in [0.1, 0.15) is 5.69 Å². The Morgan fingerprint density at radius 1 is 1.56 bits per heavy atom. The van der Waals surface area contributed by atoms with Crippen LogP contribution in [0.15, 0.2) is 12.3 Å². The van der Waals surface area contributed by atoms with E-state index in [1.54, 1.807) is 0 Å². The van der Waals surface area contributed by atoms with Crippen molar-refractivity contribution in [3.8, 4) is 5.75 Å². The number of aromatic hydroxyl groups is 1. The van der Waals surface area contributed by atoms with Crippen molar-refractivity contribution in [1.82, 2.24) is 15.6 Å². The summed E-state index contributed by atoms with van der Waals surface area (Å²) in [5, 5.41) is 15.8. The Balaban J connectivity index is 1.69. The molecule has 96 valence electrons. The summed E-state index contributed by atoms with van der Waals surface area (Å²) in [6, 6.07) is 2.47. The van der Waals surface area contributed by atoms with Crippen LogP contribution < -0.4 is 10.6 Å². The van der Waals surface area contributed by atoms with E-state index in [2.05, 4.69) is 15.6 Å². The van der Waals surface area contributed by atoms with Gasteiger partial charge in [-0.2, -0.15) is 0 Å². The molecular weight excluding hydrogens is 254 g/mol. The van der Waals surface area contributed by atoms with Crippen LogP contribution in [0.1, 0.15) is 29.8 Å². The number of fused-ring (bicyclic) bond motifs is 2. The van der Waals surface area contributed by atoms with Crippen molar-refractivity contribution in [2.45, 2.75) is 37.4 Å². The summed E-state index contributed by atoms with van der Waals surface area (Å²) in [7, 11) is 0. The van der Waals surface area contributed by atoms with E-state index in [1.807, 2.05) is 0 Å². The average Bonchev–Trinajstić information content (AvgIpc) is 2.94. The molecule has 1 amide bonds. The summed E-state index contributed by atoms with van der Waals surface area (Å²) in [5.41, 5.74) is 0.237. The van der Waals surface area contributed by atoms with Gasteiger partial charge in [0.25, 0.3) is 5.91 Å². The zero-order valence-electron chi connectivity index (χ0n) is 9.69. The van der Waals surface area contributed by atoms with Crippen LogP contribution in [-0.2, 0) is 0 Å². The number of carbonyl (C=O) groups excluding carboxylic acids is 1. The van der Waals surface area contributed by atoms with Crippen LogP contribution in [0.5, 0.6) is 5.75 Å². The van der Waals surface area contributed by atoms with E-state index in [9.17, 15) is 9.90 Å². The van der Waals surface area contributed by atoms with Gasteiger partial charge in [0.15, 0.2) is 5.75 Å². The molecule has 3 atom stereocenters. The van der Waals surface area contributed by atoms with E-state index < -0.39 is 0 Å². The molecule has 0 spiro atoms. The number of hydrogen-bond acceptors (Lipinski definition) is 4. The van der Waals surface area contributed by atoms with Crippen LogP contribution in [0.4, 0.5) is 0 Å². The van der Waals surface area contributed by atoms with Gasteiger partial charge < -0.3 is 15.7 Å². The van der Waals surface area contributed by atoms with Crippen LogP contribution in [0.25, 0.3) is 0 Å². The van der Waals surface area contributed by atoms with E-state index in [-0.39, 0.29) is 28.4 Å². The highest BCUT2D eigenvalue weighted by Crippen LogP contribution is 2.28. The summed E-state index contributed by atoms with van der Waals surface area (Å²) < 4.78 is 0. The van der Waals surface area contributed by atoms with Crippen molar-refractivity contribution < 1.29 is 9.90 Å². The molecule has 1 aromatic rings. The fourth-order valence-corrected chi connectivity index (χ4v) is 2.93. The van der Waals surface area contributed by atoms with Gasteiger partial charge in [-0.05, 0) is 25.3 Å². The first-order chi connectivity index (χ1) is 8.63. The van der Waals surface area contributed by atoms with Gasteiger partial charge in [-0.3, -0.25) is 4.79 Å². The molecule has 2 fully saturated rings. The average molecular weight is 268 g/mol. The van der Waals surface area contributed by atoms with Crippen LogP contribution in [0, 0.1) is 0 Å². The highest BCUT2D eigenvalue weighted by atomic mass is 35.5. The number of nitrogens with zero attached hydrogens (tertiary/aromatic N) is 1. The predicted molar refractivity (Wildman–Crippen MR) is 66.7 cm³/mol. The number of carbonyl (C=O) groups is 1. The van der Waals surface area contributed by atoms with Crippen LogP contribution in [-0.4, -0.2) is 34.1 Å². The lowest BCUT2D eigenvalue weighted by atomic mass is 9.95. The summed E-state index contributed by atoms with van der Waals surface area (Å²) >= 11 is 5.76. The number of halogens is 1. The summed E-state index contributed by atoms with van der Waals surface area (Å²) in [6.45, 7) is 0. The van der Waals surface area contributed by atoms with Gasteiger partial charge in [0.2, 0.25) is 0 Å². The third-order valence-electron chi connectivity index (χ3n) is 3.68. The van der Waals surface area contributed by atoms with Gasteiger partial charge >= 0.3 is 0 Å². The molecule has 0 aliphatic carbocycles. The molecular formula is C12H14ClN3O2. The minimum atomic E-state index is -0.240. The first-order valence-electron chi connectivity index (χ1n) is 6.05. The molecule has 2 aliphatic heterocycles. The minimum absolute atomic E-state index is 0.116. The number of pyridine rings is 1. The van der Waals surface area contributed by atoms with Gasteiger partial charge in [-0.1, -0.05) is 11.6 Å². The van der Waals surface area contributed by atoms with Crippen molar-refractivity contribution >= 4 is 17.5 Å². The number of nitrogens with one attached hydrogen (secondary N) is 2. The lowest BCUT2D eigenvalue weighted by molar-refractivity contribution is 0.0926. The largest absolute Gasteiger partial charge is 0.505 e. The van der Waals surface area contributed by atoms with Gasteiger partial charge in [-0.25, -0.2) is 4.98 Å². The van der Waals surface area contributed by atoms with E-state index in [0.717, 1.165) is 12.8 Å². The Morgan fingerprint density at radius 3 is 3.00 bits per heavy atom. The monoisotopic (exact) mass is 267 g/mol.